The number of carbonyl (C=O) groups excluding carboxylic acids is 1. The zero-order valence-corrected chi connectivity index (χ0v) is 21.5. The highest BCUT2D eigenvalue weighted by Crippen LogP contribution is 2.41. The number of nitrogens with zero attached hydrogens (tertiary/aromatic N) is 1. The number of carbonyl (C=O) groups is 1. The van der Waals surface area contributed by atoms with Gasteiger partial charge in [0.1, 0.15) is 6.10 Å². The van der Waals surface area contributed by atoms with Crippen molar-refractivity contribution in [3.8, 4) is 11.1 Å². The lowest BCUT2D eigenvalue weighted by Crippen LogP contribution is -2.31. The number of cyclic esters (lactones) is 1. The van der Waals surface area contributed by atoms with Crippen molar-refractivity contribution >= 4 is 6.09 Å². The van der Waals surface area contributed by atoms with E-state index in [0.717, 1.165) is 39.9 Å². The molecule has 1 fully saturated rings. The van der Waals surface area contributed by atoms with E-state index in [1.807, 2.05) is 26.0 Å². The molecule has 6 heteroatoms. The van der Waals surface area contributed by atoms with Gasteiger partial charge in [0.05, 0.1) is 11.6 Å². The number of rotatable bonds is 5. The van der Waals surface area contributed by atoms with Crippen LogP contribution in [-0.2, 0) is 17.5 Å². The van der Waals surface area contributed by atoms with Crippen LogP contribution in [0.2, 0.25) is 0 Å². The second-order valence-electron chi connectivity index (χ2n) is 10.2. The predicted molar refractivity (Wildman–Crippen MR) is 136 cm³/mol. The van der Waals surface area contributed by atoms with Gasteiger partial charge in [0.15, 0.2) is 0 Å². The summed E-state index contributed by atoms with van der Waals surface area (Å²) in [5, 5.41) is 0. The Hall–Kier alpha value is -3.28. The van der Waals surface area contributed by atoms with Gasteiger partial charge < -0.3 is 4.74 Å². The maximum atomic E-state index is 13.3. The maximum absolute atomic E-state index is 13.3. The fourth-order valence-corrected chi connectivity index (χ4v) is 4.90. The lowest BCUT2D eigenvalue weighted by molar-refractivity contribution is -0.137. The summed E-state index contributed by atoms with van der Waals surface area (Å²) in [5.41, 5.74) is 6.60. The minimum absolute atomic E-state index is 0.0459. The zero-order chi connectivity index (χ0) is 26.4. The summed E-state index contributed by atoms with van der Waals surface area (Å²) >= 11 is 0. The second kappa shape index (κ2) is 9.64. The first-order valence-electron chi connectivity index (χ1n) is 12.2. The van der Waals surface area contributed by atoms with Crippen LogP contribution in [0.25, 0.3) is 11.1 Å². The Morgan fingerprint density at radius 2 is 1.64 bits per heavy atom. The molecule has 1 aliphatic heterocycles. The standard InChI is InChI=1S/C30H32F3NO2/c1-17(2)23-9-8-20(5)26(15-23)25-10-7-18(3)13-27(25)28-21(6)34(29(35)36-28)16-22-11-19(4)12-24(14-22)30(31,32)33/h7-15,17,21,28H,16H2,1-6H3/t21-,28+/m1/s1. The quantitative estimate of drug-likeness (QED) is 0.355. The van der Waals surface area contributed by atoms with Crippen molar-refractivity contribution in [1.29, 1.82) is 0 Å². The third-order valence-corrected chi connectivity index (χ3v) is 6.94. The van der Waals surface area contributed by atoms with Gasteiger partial charge in [0, 0.05) is 12.1 Å². The minimum Gasteiger partial charge on any atom is -0.439 e. The zero-order valence-electron chi connectivity index (χ0n) is 21.5. The summed E-state index contributed by atoms with van der Waals surface area (Å²) in [4.78, 5) is 14.5. The molecule has 3 aromatic rings. The molecule has 0 unspecified atom stereocenters. The van der Waals surface area contributed by atoms with Crippen LogP contribution in [0.15, 0.2) is 54.6 Å². The molecule has 3 nitrogen and oxygen atoms in total. The van der Waals surface area contributed by atoms with Crippen LogP contribution in [-0.4, -0.2) is 17.0 Å². The van der Waals surface area contributed by atoms with Gasteiger partial charge in [-0.25, -0.2) is 4.79 Å². The summed E-state index contributed by atoms with van der Waals surface area (Å²) in [6.45, 7) is 11.9. The number of hydrogen-bond donors (Lipinski definition) is 0. The van der Waals surface area contributed by atoms with Gasteiger partial charge in [0.25, 0.3) is 0 Å². The molecule has 3 aromatic carbocycles. The molecule has 1 amide bonds. The fourth-order valence-electron chi connectivity index (χ4n) is 4.90. The molecule has 0 aliphatic carbocycles. The first-order valence-corrected chi connectivity index (χ1v) is 12.2. The van der Waals surface area contributed by atoms with E-state index >= 15 is 0 Å². The Kier molecular flexibility index (Phi) is 6.91. The normalized spacial score (nSPS) is 18.2. The van der Waals surface area contributed by atoms with E-state index in [1.54, 1.807) is 13.0 Å². The summed E-state index contributed by atoms with van der Waals surface area (Å²) in [5.74, 6) is 0.368. The summed E-state index contributed by atoms with van der Waals surface area (Å²) in [6, 6.07) is 16.1. The molecule has 190 valence electrons. The smallest absolute Gasteiger partial charge is 0.416 e. The van der Waals surface area contributed by atoms with E-state index < -0.39 is 23.9 Å². The molecule has 0 saturated carbocycles. The van der Waals surface area contributed by atoms with Crippen LogP contribution in [0, 0.1) is 20.8 Å². The van der Waals surface area contributed by atoms with Crippen molar-refractivity contribution in [3.63, 3.8) is 0 Å². The van der Waals surface area contributed by atoms with E-state index in [2.05, 4.69) is 45.0 Å². The molecule has 0 radical (unpaired) electrons. The molecule has 1 saturated heterocycles. The van der Waals surface area contributed by atoms with Crippen molar-refractivity contribution in [3.05, 3.63) is 93.5 Å². The number of aryl methyl sites for hydroxylation is 3. The van der Waals surface area contributed by atoms with Gasteiger partial charge in [-0.3, -0.25) is 4.90 Å². The molecule has 4 rings (SSSR count). The lowest BCUT2D eigenvalue weighted by Gasteiger charge is -2.24. The maximum Gasteiger partial charge on any atom is 0.416 e. The van der Waals surface area contributed by atoms with Crippen LogP contribution in [0.5, 0.6) is 0 Å². The Balaban J connectivity index is 1.71. The Bertz CT molecular complexity index is 1300. The van der Waals surface area contributed by atoms with Gasteiger partial charge >= 0.3 is 12.3 Å². The highest BCUT2D eigenvalue weighted by molar-refractivity contribution is 5.75. The first-order chi connectivity index (χ1) is 16.8. The van der Waals surface area contributed by atoms with E-state index in [-0.39, 0.29) is 12.6 Å². The number of hydrogen-bond acceptors (Lipinski definition) is 2. The molecule has 2 atom stereocenters. The van der Waals surface area contributed by atoms with Crippen LogP contribution >= 0.6 is 0 Å². The SMILES string of the molecule is Cc1cc(CN2C(=O)O[C@H](c3cc(C)ccc3-c3cc(C(C)C)ccc3C)[C@H]2C)cc(C(F)(F)F)c1. The van der Waals surface area contributed by atoms with Gasteiger partial charge in [-0.2, -0.15) is 13.2 Å². The predicted octanol–water partition coefficient (Wildman–Crippen LogP) is 8.50. The van der Waals surface area contributed by atoms with Crippen molar-refractivity contribution < 1.29 is 22.7 Å². The van der Waals surface area contributed by atoms with Crippen molar-refractivity contribution in [2.45, 2.75) is 72.3 Å². The Morgan fingerprint density at radius 1 is 0.917 bits per heavy atom. The van der Waals surface area contributed by atoms with E-state index in [0.29, 0.717) is 17.0 Å². The summed E-state index contributed by atoms with van der Waals surface area (Å²) in [6.07, 6.45) is -5.51. The third kappa shape index (κ3) is 5.13. The molecular formula is C30H32F3NO2. The van der Waals surface area contributed by atoms with Gasteiger partial charge in [-0.1, -0.05) is 67.4 Å². The lowest BCUT2D eigenvalue weighted by atomic mass is 9.88. The minimum atomic E-state index is -4.45. The number of ether oxygens (including phenoxy) is 1. The van der Waals surface area contributed by atoms with Crippen molar-refractivity contribution in [1.82, 2.24) is 4.90 Å². The molecular weight excluding hydrogens is 463 g/mol. The van der Waals surface area contributed by atoms with Crippen molar-refractivity contribution in [2.24, 2.45) is 0 Å². The number of halogens is 3. The molecule has 0 bridgehead atoms. The molecule has 0 aromatic heterocycles. The van der Waals surface area contributed by atoms with Gasteiger partial charge in [0.2, 0.25) is 0 Å². The molecule has 36 heavy (non-hydrogen) atoms. The van der Waals surface area contributed by atoms with Gasteiger partial charge in [-0.15, -0.1) is 0 Å². The molecule has 1 heterocycles. The summed E-state index contributed by atoms with van der Waals surface area (Å²) in [7, 11) is 0. The topological polar surface area (TPSA) is 29.5 Å². The summed E-state index contributed by atoms with van der Waals surface area (Å²) < 4.78 is 45.9. The average Bonchev–Trinajstić information content (AvgIpc) is 3.06. The van der Waals surface area contributed by atoms with Crippen LogP contribution in [0.1, 0.15) is 71.7 Å². The Morgan fingerprint density at radius 3 is 2.31 bits per heavy atom. The largest absolute Gasteiger partial charge is 0.439 e. The Labute approximate surface area is 210 Å². The number of alkyl halides is 3. The molecule has 0 N–H and O–H groups in total. The third-order valence-electron chi connectivity index (χ3n) is 6.94. The highest BCUT2D eigenvalue weighted by Gasteiger charge is 2.41. The van der Waals surface area contributed by atoms with Crippen molar-refractivity contribution in [2.75, 3.05) is 0 Å². The second-order valence-corrected chi connectivity index (χ2v) is 10.2. The van der Waals surface area contributed by atoms with Gasteiger partial charge in [-0.05, 0) is 73.6 Å². The first kappa shape index (κ1) is 25.8. The van der Waals surface area contributed by atoms with E-state index in [9.17, 15) is 18.0 Å². The van der Waals surface area contributed by atoms with Crippen LogP contribution in [0.4, 0.5) is 18.0 Å². The number of amides is 1. The number of benzene rings is 3. The molecule has 0 spiro atoms. The van der Waals surface area contributed by atoms with E-state index in [1.165, 1.54) is 10.5 Å². The average molecular weight is 496 g/mol. The fraction of sp³-hybridized carbons (Fsp3) is 0.367. The van der Waals surface area contributed by atoms with E-state index in [4.69, 9.17) is 4.74 Å². The monoisotopic (exact) mass is 495 g/mol. The van der Waals surface area contributed by atoms with Crippen LogP contribution < -0.4 is 0 Å². The molecule has 1 aliphatic rings. The van der Waals surface area contributed by atoms with Crippen LogP contribution in [0.3, 0.4) is 0 Å². The highest BCUT2D eigenvalue weighted by atomic mass is 19.4.